The van der Waals surface area contributed by atoms with E-state index >= 15 is 0 Å². The molecule has 0 saturated carbocycles. The van der Waals surface area contributed by atoms with Crippen LogP contribution in [0.2, 0.25) is 0 Å². The molecule has 0 atom stereocenters. The summed E-state index contributed by atoms with van der Waals surface area (Å²) in [5.41, 5.74) is 2.98. The summed E-state index contributed by atoms with van der Waals surface area (Å²) in [5, 5.41) is 5.00. The van der Waals surface area contributed by atoms with Gasteiger partial charge >= 0.3 is 0 Å². The number of fused-ring (bicyclic) bond motifs is 3. The van der Waals surface area contributed by atoms with Crippen molar-refractivity contribution in [2.75, 3.05) is 11.1 Å². The molecule has 0 aliphatic heterocycles. The number of carbonyl (C=O) groups excluding carboxylic acids is 1. The summed E-state index contributed by atoms with van der Waals surface area (Å²) in [5.74, 6) is 0.294. The van der Waals surface area contributed by atoms with Gasteiger partial charge in [0.15, 0.2) is 0 Å². The highest BCUT2D eigenvalue weighted by molar-refractivity contribution is 8.00. The van der Waals surface area contributed by atoms with E-state index in [4.69, 9.17) is 0 Å². The van der Waals surface area contributed by atoms with Gasteiger partial charge in [-0.3, -0.25) is 4.79 Å². The fraction of sp³-hybridized carbons (Fsp3) is 0.150. The number of thioether (sulfide) groups is 1. The zero-order valence-electron chi connectivity index (χ0n) is 14.2. The second kappa shape index (κ2) is 7.43. The average molecular weight is 380 g/mol. The highest BCUT2D eigenvalue weighted by atomic mass is 32.2. The summed E-state index contributed by atoms with van der Waals surface area (Å²) in [4.78, 5) is 21.2. The third-order valence-electron chi connectivity index (χ3n) is 4.14. The first kappa shape index (κ1) is 17.0. The molecule has 1 amide bonds. The molecular formula is C20H17N3OS2. The van der Waals surface area contributed by atoms with Gasteiger partial charge in [-0.1, -0.05) is 55.1 Å². The number of hydrogen-bond donors (Lipinski definition) is 1. The molecule has 0 radical (unpaired) electrons. The van der Waals surface area contributed by atoms with Crippen LogP contribution in [-0.4, -0.2) is 21.6 Å². The number of carbonyl (C=O) groups is 1. The molecule has 0 aliphatic rings. The maximum Gasteiger partial charge on any atom is 0.234 e. The molecule has 0 bridgehead atoms. The van der Waals surface area contributed by atoms with E-state index in [0.717, 1.165) is 38.3 Å². The van der Waals surface area contributed by atoms with Gasteiger partial charge in [0.05, 0.1) is 16.0 Å². The Morgan fingerprint density at radius 3 is 2.81 bits per heavy atom. The number of para-hydroxylation sites is 1. The summed E-state index contributed by atoms with van der Waals surface area (Å²) in [6.45, 7) is 2.08. The van der Waals surface area contributed by atoms with Gasteiger partial charge in [-0.25, -0.2) is 9.97 Å². The van der Waals surface area contributed by atoms with Gasteiger partial charge in [0.2, 0.25) is 5.91 Å². The molecule has 130 valence electrons. The van der Waals surface area contributed by atoms with E-state index in [1.807, 2.05) is 36.4 Å². The van der Waals surface area contributed by atoms with Crippen LogP contribution < -0.4 is 5.32 Å². The van der Waals surface area contributed by atoms with Crippen LogP contribution >= 0.6 is 23.1 Å². The molecule has 6 heteroatoms. The second-order valence-electron chi connectivity index (χ2n) is 5.80. The summed E-state index contributed by atoms with van der Waals surface area (Å²) in [6, 6.07) is 16.1. The molecule has 0 aliphatic carbocycles. The van der Waals surface area contributed by atoms with Crippen LogP contribution in [0.15, 0.2) is 59.9 Å². The quantitative estimate of drug-likeness (QED) is 0.385. The van der Waals surface area contributed by atoms with Crippen molar-refractivity contribution in [2.24, 2.45) is 0 Å². The highest BCUT2D eigenvalue weighted by Crippen LogP contribution is 2.36. The Morgan fingerprint density at radius 2 is 1.92 bits per heavy atom. The number of nitrogens with zero attached hydrogens (tertiary/aromatic N) is 2. The molecule has 26 heavy (non-hydrogen) atoms. The average Bonchev–Trinajstić information content (AvgIpc) is 3.06. The van der Waals surface area contributed by atoms with Crippen molar-refractivity contribution in [3.05, 3.63) is 60.4 Å². The predicted octanol–water partition coefficient (Wildman–Crippen LogP) is 5.14. The summed E-state index contributed by atoms with van der Waals surface area (Å²) in [6.07, 6.45) is 2.46. The first-order valence-corrected chi connectivity index (χ1v) is 10.2. The van der Waals surface area contributed by atoms with Crippen molar-refractivity contribution < 1.29 is 4.79 Å². The number of nitrogens with one attached hydrogen (secondary N) is 1. The number of hydrogen-bond acceptors (Lipinski definition) is 5. The molecule has 2 heterocycles. The molecule has 4 aromatic rings. The maximum atomic E-state index is 12.4. The van der Waals surface area contributed by atoms with Crippen molar-refractivity contribution in [1.29, 1.82) is 0 Å². The Labute approximate surface area is 159 Å². The second-order valence-corrected chi connectivity index (χ2v) is 7.82. The van der Waals surface area contributed by atoms with Crippen LogP contribution in [-0.2, 0) is 11.2 Å². The number of aromatic nitrogens is 2. The summed E-state index contributed by atoms with van der Waals surface area (Å²) in [7, 11) is 0. The lowest BCUT2D eigenvalue weighted by Crippen LogP contribution is -2.15. The summed E-state index contributed by atoms with van der Waals surface area (Å²) < 4.78 is 2.23. The van der Waals surface area contributed by atoms with Crippen LogP contribution in [0.4, 0.5) is 5.69 Å². The van der Waals surface area contributed by atoms with Crippen LogP contribution in [0.25, 0.3) is 20.3 Å². The lowest BCUT2D eigenvalue weighted by Gasteiger charge is -2.09. The van der Waals surface area contributed by atoms with E-state index in [1.165, 1.54) is 16.5 Å². The van der Waals surface area contributed by atoms with Gasteiger partial charge < -0.3 is 5.32 Å². The fourth-order valence-corrected chi connectivity index (χ4v) is 4.91. The Hall–Kier alpha value is -2.44. The van der Waals surface area contributed by atoms with Crippen LogP contribution in [0.3, 0.4) is 0 Å². The normalized spacial score (nSPS) is 11.1. The Balaban J connectivity index is 1.53. The Bertz CT molecular complexity index is 1090. The SMILES string of the molecule is CCc1ccccc1NC(=O)CSc1ncnc2c1sc1ccccc12. The Morgan fingerprint density at radius 1 is 1.12 bits per heavy atom. The minimum atomic E-state index is -0.0243. The van der Waals surface area contributed by atoms with Gasteiger partial charge in [0, 0.05) is 15.8 Å². The van der Waals surface area contributed by atoms with E-state index < -0.39 is 0 Å². The molecule has 4 nitrogen and oxygen atoms in total. The summed E-state index contributed by atoms with van der Waals surface area (Å²) >= 11 is 3.13. The molecule has 0 saturated heterocycles. The van der Waals surface area contributed by atoms with Crippen molar-refractivity contribution >= 4 is 55.0 Å². The molecule has 1 N–H and O–H groups in total. The van der Waals surface area contributed by atoms with Crippen molar-refractivity contribution in [3.63, 3.8) is 0 Å². The molecule has 2 aromatic carbocycles. The maximum absolute atomic E-state index is 12.4. The smallest absolute Gasteiger partial charge is 0.234 e. The number of rotatable bonds is 5. The zero-order valence-corrected chi connectivity index (χ0v) is 15.9. The first-order chi connectivity index (χ1) is 12.8. The zero-order chi connectivity index (χ0) is 17.9. The van der Waals surface area contributed by atoms with Crippen LogP contribution in [0.1, 0.15) is 12.5 Å². The van der Waals surface area contributed by atoms with Crippen LogP contribution in [0.5, 0.6) is 0 Å². The molecular weight excluding hydrogens is 362 g/mol. The number of thiophene rings is 1. The van der Waals surface area contributed by atoms with Crippen molar-refractivity contribution in [3.8, 4) is 0 Å². The van der Waals surface area contributed by atoms with Gasteiger partial charge in [0.25, 0.3) is 0 Å². The fourth-order valence-electron chi connectivity index (χ4n) is 2.88. The van der Waals surface area contributed by atoms with Gasteiger partial charge in [-0.05, 0) is 24.1 Å². The van der Waals surface area contributed by atoms with Crippen molar-refractivity contribution in [1.82, 2.24) is 9.97 Å². The molecule has 4 rings (SSSR count). The molecule has 0 unspecified atom stereocenters. The minimum Gasteiger partial charge on any atom is -0.325 e. The molecule has 0 fully saturated rings. The Kier molecular flexibility index (Phi) is 4.86. The van der Waals surface area contributed by atoms with Crippen molar-refractivity contribution in [2.45, 2.75) is 18.4 Å². The number of aryl methyl sites for hydroxylation is 1. The largest absolute Gasteiger partial charge is 0.325 e. The molecule has 2 aromatic heterocycles. The predicted molar refractivity (Wildman–Crippen MR) is 110 cm³/mol. The third-order valence-corrected chi connectivity index (χ3v) is 6.42. The van der Waals surface area contributed by atoms with Gasteiger partial charge in [-0.15, -0.1) is 11.3 Å². The third kappa shape index (κ3) is 3.30. The van der Waals surface area contributed by atoms with Gasteiger partial charge in [-0.2, -0.15) is 0 Å². The van der Waals surface area contributed by atoms with E-state index in [-0.39, 0.29) is 5.91 Å². The number of benzene rings is 2. The van der Waals surface area contributed by atoms with E-state index in [0.29, 0.717) is 5.75 Å². The van der Waals surface area contributed by atoms with E-state index in [9.17, 15) is 4.79 Å². The number of amides is 1. The highest BCUT2D eigenvalue weighted by Gasteiger charge is 2.13. The standard InChI is InChI=1S/C20H17N3OS2/c1-2-13-7-3-5-9-15(13)23-17(24)11-25-20-19-18(21-12-22-20)14-8-4-6-10-16(14)26-19/h3-10,12H,2,11H2,1H3,(H,23,24). The van der Waals surface area contributed by atoms with E-state index in [1.54, 1.807) is 17.7 Å². The lowest BCUT2D eigenvalue weighted by atomic mass is 10.1. The monoisotopic (exact) mass is 379 g/mol. The van der Waals surface area contributed by atoms with Gasteiger partial charge in [0.1, 0.15) is 11.4 Å². The van der Waals surface area contributed by atoms with E-state index in [2.05, 4.69) is 34.3 Å². The molecule has 0 spiro atoms. The topological polar surface area (TPSA) is 54.9 Å². The van der Waals surface area contributed by atoms with Crippen LogP contribution in [0, 0.1) is 0 Å². The minimum absolute atomic E-state index is 0.0243. The number of anilines is 1. The first-order valence-electron chi connectivity index (χ1n) is 8.39. The lowest BCUT2D eigenvalue weighted by molar-refractivity contribution is -0.113.